The number of fused-ring (bicyclic) bond motifs is 1. The molecule has 2 aromatic heterocycles. The van der Waals surface area contributed by atoms with Gasteiger partial charge in [0.1, 0.15) is 10.9 Å². The molecule has 10 heteroatoms. The fourth-order valence-corrected chi connectivity index (χ4v) is 3.32. The lowest BCUT2D eigenvalue weighted by Crippen LogP contribution is -2.33. The Morgan fingerprint density at radius 2 is 2.00 bits per heavy atom. The number of carbonyl (C=O) groups is 1. The number of ether oxygens (including phenoxy) is 1. The van der Waals surface area contributed by atoms with E-state index in [1.54, 1.807) is 35.8 Å². The van der Waals surface area contributed by atoms with E-state index in [-0.39, 0.29) is 33.6 Å². The van der Waals surface area contributed by atoms with Crippen molar-refractivity contribution in [1.82, 2.24) is 19.9 Å². The van der Waals surface area contributed by atoms with E-state index in [2.05, 4.69) is 15.3 Å². The lowest BCUT2D eigenvalue weighted by molar-refractivity contribution is 0.190. The smallest absolute Gasteiger partial charge is 0.404 e. The number of hydrogen-bond donors (Lipinski definition) is 2. The molecule has 2 N–H and O–H groups in total. The molecule has 0 spiro atoms. The Labute approximate surface area is 163 Å². The summed E-state index contributed by atoms with van der Waals surface area (Å²) in [5.41, 5.74) is 0.989. The Morgan fingerprint density at radius 1 is 1.33 bits per heavy atom. The highest BCUT2D eigenvalue weighted by molar-refractivity contribution is 6.35. The normalized spacial score (nSPS) is 12.2. The van der Waals surface area contributed by atoms with Crippen LogP contribution in [0.3, 0.4) is 0 Å². The molecule has 0 unspecified atom stereocenters. The third-order valence-electron chi connectivity index (χ3n) is 3.97. The predicted octanol–water partition coefficient (Wildman–Crippen LogP) is 4.07. The molecule has 0 fully saturated rings. The minimum Gasteiger partial charge on any atom is -0.497 e. The van der Waals surface area contributed by atoms with Gasteiger partial charge in [-0.05, 0) is 42.8 Å². The minimum atomic E-state index is -1.20. The van der Waals surface area contributed by atoms with Crippen molar-refractivity contribution in [1.29, 1.82) is 0 Å². The average Bonchev–Trinajstić information content (AvgIpc) is 2.86. The van der Waals surface area contributed by atoms with Gasteiger partial charge in [0.25, 0.3) is 0 Å². The molecule has 1 aromatic carbocycles. The van der Waals surface area contributed by atoms with Crippen molar-refractivity contribution < 1.29 is 19.0 Å². The summed E-state index contributed by atoms with van der Waals surface area (Å²) < 4.78 is 21.9. The van der Waals surface area contributed by atoms with Gasteiger partial charge in [0.2, 0.25) is 5.28 Å². The molecule has 142 valence electrons. The van der Waals surface area contributed by atoms with E-state index in [1.165, 1.54) is 7.11 Å². The van der Waals surface area contributed by atoms with Gasteiger partial charge in [-0.1, -0.05) is 11.6 Å². The largest absolute Gasteiger partial charge is 0.497 e. The molecule has 0 saturated heterocycles. The summed E-state index contributed by atoms with van der Waals surface area (Å²) in [7, 11) is 1.54. The van der Waals surface area contributed by atoms with Crippen LogP contribution >= 0.6 is 23.2 Å². The molecular formula is C17H15Cl2FN4O3. The number of nitrogens with zero attached hydrogens (tertiary/aromatic N) is 3. The summed E-state index contributed by atoms with van der Waals surface area (Å²) in [6.45, 7) is 1.63. The highest BCUT2D eigenvalue weighted by Crippen LogP contribution is 2.33. The number of amides is 1. The second kappa shape index (κ2) is 7.58. The molecule has 3 rings (SSSR count). The fourth-order valence-electron chi connectivity index (χ4n) is 2.86. The van der Waals surface area contributed by atoms with Crippen molar-refractivity contribution in [3.8, 4) is 11.4 Å². The molecule has 3 aromatic rings. The number of methoxy groups -OCH3 is 1. The Hall–Kier alpha value is -2.58. The first kappa shape index (κ1) is 19.2. The Kier molecular flexibility index (Phi) is 5.38. The van der Waals surface area contributed by atoms with Crippen molar-refractivity contribution >= 4 is 40.3 Å². The van der Waals surface area contributed by atoms with Crippen molar-refractivity contribution in [3.05, 3.63) is 46.2 Å². The molecular weight excluding hydrogens is 398 g/mol. The summed E-state index contributed by atoms with van der Waals surface area (Å²) >= 11 is 12.0. The lowest BCUT2D eigenvalue weighted by atomic mass is 10.1. The molecule has 27 heavy (non-hydrogen) atoms. The predicted molar refractivity (Wildman–Crippen MR) is 99.7 cm³/mol. The molecule has 0 aliphatic heterocycles. The lowest BCUT2D eigenvalue weighted by Gasteiger charge is -2.15. The zero-order chi connectivity index (χ0) is 19.7. The maximum atomic E-state index is 15.2. The van der Waals surface area contributed by atoms with E-state index in [4.69, 9.17) is 33.0 Å². The first-order valence-corrected chi connectivity index (χ1v) is 8.63. The second-order valence-corrected chi connectivity index (χ2v) is 6.53. The van der Waals surface area contributed by atoms with Gasteiger partial charge in [-0.3, -0.25) is 4.57 Å². The van der Waals surface area contributed by atoms with E-state index >= 15 is 4.39 Å². The Bertz CT molecular complexity index is 1010. The highest BCUT2D eigenvalue weighted by atomic mass is 35.5. The number of carboxylic acid groups (broad SMARTS) is 1. The number of aromatic nitrogens is 3. The van der Waals surface area contributed by atoms with Gasteiger partial charge < -0.3 is 15.2 Å². The van der Waals surface area contributed by atoms with Gasteiger partial charge in [-0.2, -0.15) is 4.98 Å². The minimum absolute atomic E-state index is 0.0226. The van der Waals surface area contributed by atoms with Crippen LogP contribution in [0.15, 0.2) is 24.3 Å². The van der Waals surface area contributed by atoms with Crippen LogP contribution in [0.4, 0.5) is 9.18 Å². The zero-order valence-electron chi connectivity index (χ0n) is 14.3. The maximum absolute atomic E-state index is 15.2. The summed E-state index contributed by atoms with van der Waals surface area (Å²) in [5.74, 6) is 0.00496. The monoisotopic (exact) mass is 412 g/mol. The zero-order valence-corrected chi connectivity index (χ0v) is 15.8. The number of rotatable bonds is 5. The molecule has 1 atom stereocenters. The van der Waals surface area contributed by atoms with E-state index in [0.717, 1.165) is 0 Å². The van der Waals surface area contributed by atoms with Crippen LogP contribution < -0.4 is 10.1 Å². The third kappa shape index (κ3) is 3.77. The van der Waals surface area contributed by atoms with Gasteiger partial charge in [-0.25, -0.2) is 14.2 Å². The molecule has 0 bridgehead atoms. The van der Waals surface area contributed by atoms with Crippen LogP contribution in [0.2, 0.25) is 10.4 Å². The topological polar surface area (TPSA) is 89.3 Å². The van der Waals surface area contributed by atoms with Crippen LogP contribution in [0.1, 0.15) is 12.6 Å². The van der Waals surface area contributed by atoms with Crippen molar-refractivity contribution in [3.63, 3.8) is 0 Å². The Balaban J connectivity index is 2.23. The number of hydrogen-bond acceptors (Lipinski definition) is 4. The summed E-state index contributed by atoms with van der Waals surface area (Å²) in [4.78, 5) is 18.8. The van der Waals surface area contributed by atoms with Crippen molar-refractivity contribution in [2.45, 2.75) is 19.4 Å². The van der Waals surface area contributed by atoms with Crippen LogP contribution in [-0.2, 0) is 6.42 Å². The van der Waals surface area contributed by atoms with Crippen LogP contribution in [0.25, 0.3) is 16.7 Å². The molecule has 1 amide bonds. The van der Waals surface area contributed by atoms with E-state index < -0.39 is 18.0 Å². The van der Waals surface area contributed by atoms with Crippen molar-refractivity contribution in [2.24, 2.45) is 0 Å². The maximum Gasteiger partial charge on any atom is 0.404 e. The summed E-state index contributed by atoms with van der Waals surface area (Å²) in [6, 6.07) is 6.32. The SMILES string of the molecule is COc1ccc(-n2c(C[C@H](C)NC(=O)O)c(F)c3c(Cl)nc(Cl)nc32)cc1. The fraction of sp³-hybridized carbons (Fsp3) is 0.235. The van der Waals surface area contributed by atoms with Gasteiger partial charge in [0, 0.05) is 18.2 Å². The van der Waals surface area contributed by atoms with Gasteiger partial charge in [-0.15, -0.1) is 0 Å². The van der Waals surface area contributed by atoms with Crippen LogP contribution in [-0.4, -0.2) is 38.9 Å². The summed E-state index contributed by atoms with van der Waals surface area (Å²) in [6.07, 6.45) is -1.13. The van der Waals surface area contributed by atoms with Gasteiger partial charge in [0.05, 0.1) is 18.2 Å². The molecule has 0 aliphatic rings. The molecule has 7 nitrogen and oxygen atoms in total. The number of nitrogens with one attached hydrogen (secondary N) is 1. The number of halogens is 3. The molecule has 0 aliphatic carbocycles. The first-order valence-electron chi connectivity index (χ1n) is 7.87. The standard InChI is InChI=1S/C17H15Cl2FN4O3/c1-8(21-17(25)26)7-11-13(20)12-14(18)22-16(19)23-15(12)24(11)9-3-5-10(27-2)6-4-9/h3-6,8,21H,7H2,1-2H3,(H,25,26)/t8-/m0/s1. The highest BCUT2D eigenvalue weighted by Gasteiger charge is 2.25. The van der Waals surface area contributed by atoms with Crippen molar-refractivity contribution in [2.75, 3.05) is 7.11 Å². The van der Waals surface area contributed by atoms with Gasteiger partial charge in [0.15, 0.2) is 11.5 Å². The van der Waals surface area contributed by atoms with E-state index in [1.807, 2.05) is 0 Å². The van der Waals surface area contributed by atoms with Gasteiger partial charge >= 0.3 is 6.09 Å². The quantitative estimate of drug-likeness (QED) is 0.486. The van der Waals surface area contributed by atoms with Crippen LogP contribution in [0.5, 0.6) is 5.75 Å². The number of benzene rings is 1. The van der Waals surface area contributed by atoms with E-state index in [0.29, 0.717) is 11.4 Å². The molecule has 2 heterocycles. The molecule has 0 saturated carbocycles. The first-order chi connectivity index (χ1) is 12.8. The third-order valence-corrected chi connectivity index (χ3v) is 4.42. The van der Waals surface area contributed by atoms with E-state index in [9.17, 15) is 4.79 Å². The molecule has 0 radical (unpaired) electrons. The second-order valence-electron chi connectivity index (χ2n) is 5.83. The average molecular weight is 413 g/mol. The van der Waals surface area contributed by atoms with Crippen LogP contribution in [0, 0.1) is 5.82 Å². The summed E-state index contributed by atoms with van der Waals surface area (Å²) in [5, 5.41) is 11.0. The Morgan fingerprint density at radius 3 is 2.59 bits per heavy atom.